The van der Waals surface area contributed by atoms with Crippen LogP contribution >= 0.6 is 11.3 Å². The Hall–Kier alpha value is -3.41. The third kappa shape index (κ3) is 4.13. The summed E-state index contributed by atoms with van der Waals surface area (Å²) in [5.41, 5.74) is 0.373. The van der Waals surface area contributed by atoms with Gasteiger partial charge in [0.2, 0.25) is 5.82 Å². The van der Waals surface area contributed by atoms with Gasteiger partial charge in [-0.1, -0.05) is 5.16 Å². The fourth-order valence-corrected chi connectivity index (χ4v) is 3.60. The van der Waals surface area contributed by atoms with Crippen LogP contribution in [0.15, 0.2) is 51.9 Å². The van der Waals surface area contributed by atoms with E-state index < -0.39 is 12.1 Å². The van der Waals surface area contributed by atoms with E-state index in [2.05, 4.69) is 25.1 Å². The number of carbonyl (C=O) groups is 1. The number of carbonyl (C=O) groups excluding carboxylic acids is 1. The van der Waals surface area contributed by atoms with Crippen LogP contribution in [0.1, 0.15) is 39.9 Å². The largest absolute Gasteiger partial charge is 0.471 e. The van der Waals surface area contributed by atoms with Crippen LogP contribution in [0.25, 0.3) is 10.7 Å². The molecule has 0 aliphatic rings. The quantitative estimate of drug-likeness (QED) is 0.487. The van der Waals surface area contributed by atoms with E-state index in [0.29, 0.717) is 16.2 Å². The van der Waals surface area contributed by atoms with Crippen molar-refractivity contribution in [3.05, 3.63) is 65.0 Å². The summed E-state index contributed by atoms with van der Waals surface area (Å²) in [5, 5.41) is 10.3. The minimum atomic E-state index is -4.69. The summed E-state index contributed by atoms with van der Waals surface area (Å²) >= 11 is 1.21. The SMILES string of the molecule is CC(c1ccc(-c2noc(C(F)(F)F)n2)s1)n1cc(C(=O)NCc2ccco2)cn1. The molecule has 12 heteroatoms. The topological polar surface area (TPSA) is 99.0 Å². The van der Waals surface area contributed by atoms with E-state index in [1.807, 2.05) is 6.92 Å². The molecule has 0 aliphatic carbocycles. The lowest BCUT2D eigenvalue weighted by atomic mass is 10.2. The number of aromatic nitrogens is 4. The van der Waals surface area contributed by atoms with Crippen LogP contribution < -0.4 is 5.32 Å². The van der Waals surface area contributed by atoms with E-state index in [4.69, 9.17) is 4.42 Å². The van der Waals surface area contributed by atoms with E-state index in [0.717, 1.165) is 4.88 Å². The Balaban J connectivity index is 1.44. The molecule has 0 fully saturated rings. The van der Waals surface area contributed by atoms with Crippen LogP contribution in [-0.4, -0.2) is 25.8 Å². The molecule has 4 aromatic heterocycles. The number of halogens is 3. The Morgan fingerprint density at radius 3 is 2.87 bits per heavy atom. The fraction of sp³-hybridized carbons (Fsp3) is 0.222. The van der Waals surface area contributed by atoms with Gasteiger partial charge in [-0.25, -0.2) is 0 Å². The molecule has 8 nitrogen and oxygen atoms in total. The van der Waals surface area contributed by atoms with E-state index in [1.165, 1.54) is 23.8 Å². The monoisotopic (exact) mass is 437 g/mol. The van der Waals surface area contributed by atoms with Gasteiger partial charge in [0, 0.05) is 11.1 Å². The zero-order valence-corrected chi connectivity index (χ0v) is 16.2. The number of hydrogen-bond donors (Lipinski definition) is 1. The predicted molar refractivity (Wildman–Crippen MR) is 98.5 cm³/mol. The van der Waals surface area contributed by atoms with Crippen molar-refractivity contribution in [1.82, 2.24) is 25.2 Å². The lowest BCUT2D eigenvalue weighted by Gasteiger charge is -2.09. The maximum atomic E-state index is 12.6. The fourth-order valence-electron chi connectivity index (χ4n) is 2.62. The third-order valence-corrected chi connectivity index (χ3v) is 5.44. The van der Waals surface area contributed by atoms with Gasteiger partial charge >= 0.3 is 12.1 Å². The van der Waals surface area contributed by atoms with Crippen LogP contribution in [0.3, 0.4) is 0 Å². The highest BCUT2D eigenvalue weighted by molar-refractivity contribution is 7.15. The molecule has 4 aromatic rings. The Morgan fingerprint density at radius 1 is 1.33 bits per heavy atom. The standard InChI is InChI=1S/C18H14F3N5O3S/c1-10(13-4-5-14(30-13)15-24-17(29-25-15)18(19,20)21)26-9-11(7-23-26)16(27)22-8-12-3-2-6-28-12/h2-7,9-10H,8H2,1H3,(H,22,27). The van der Waals surface area contributed by atoms with Crippen LogP contribution in [0.2, 0.25) is 0 Å². The maximum Gasteiger partial charge on any atom is 0.471 e. The van der Waals surface area contributed by atoms with Crippen molar-refractivity contribution in [2.24, 2.45) is 0 Å². The average molecular weight is 437 g/mol. The number of nitrogens with zero attached hydrogens (tertiary/aromatic N) is 4. The summed E-state index contributed by atoms with van der Waals surface area (Å²) in [5.74, 6) is -1.20. The van der Waals surface area contributed by atoms with E-state index >= 15 is 0 Å². The van der Waals surface area contributed by atoms with Gasteiger partial charge in [-0.15, -0.1) is 11.3 Å². The molecule has 0 saturated carbocycles. The summed E-state index contributed by atoms with van der Waals surface area (Å²) in [6.07, 6.45) is -0.133. The highest BCUT2D eigenvalue weighted by atomic mass is 32.1. The van der Waals surface area contributed by atoms with Crippen molar-refractivity contribution in [1.29, 1.82) is 0 Å². The highest BCUT2D eigenvalue weighted by Crippen LogP contribution is 2.34. The lowest BCUT2D eigenvalue weighted by molar-refractivity contribution is -0.159. The molecule has 1 atom stereocenters. The van der Waals surface area contributed by atoms with Crippen LogP contribution in [-0.2, 0) is 12.7 Å². The number of nitrogens with one attached hydrogen (secondary N) is 1. The van der Waals surface area contributed by atoms with Crippen molar-refractivity contribution in [3.63, 3.8) is 0 Å². The van der Waals surface area contributed by atoms with Gasteiger partial charge in [0.25, 0.3) is 5.91 Å². The number of alkyl halides is 3. The molecule has 1 amide bonds. The van der Waals surface area contributed by atoms with E-state index in [9.17, 15) is 18.0 Å². The summed E-state index contributed by atoms with van der Waals surface area (Å²) in [6.45, 7) is 2.11. The average Bonchev–Trinajstić information content (AvgIpc) is 3.49. The molecule has 0 radical (unpaired) electrons. The van der Waals surface area contributed by atoms with Gasteiger partial charge in [-0.05, 0) is 31.2 Å². The molecular formula is C18H14F3N5O3S. The predicted octanol–water partition coefficient (Wildman–Crippen LogP) is 4.15. The molecule has 156 valence electrons. The zero-order valence-electron chi connectivity index (χ0n) is 15.4. The minimum Gasteiger partial charge on any atom is -0.467 e. The van der Waals surface area contributed by atoms with Crippen molar-refractivity contribution < 1.29 is 26.9 Å². The van der Waals surface area contributed by atoms with Crippen molar-refractivity contribution in [2.75, 3.05) is 0 Å². The molecule has 1 unspecified atom stereocenters. The van der Waals surface area contributed by atoms with Crippen LogP contribution in [0, 0.1) is 0 Å². The van der Waals surface area contributed by atoms with Gasteiger partial charge < -0.3 is 14.3 Å². The summed E-state index contributed by atoms with van der Waals surface area (Å²) < 4.78 is 48.9. The minimum absolute atomic E-state index is 0.135. The van der Waals surface area contributed by atoms with Crippen molar-refractivity contribution in [3.8, 4) is 10.7 Å². The summed E-state index contributed by atoms with van der Waals surface area (Å²) in [7, 11) is 0. The maximum absolute atomic E-state index is 12.6. The third-order valence-electron chi connectivity index (χ3n) is 4.19. The Labute approximate surface area is 171 Å². The first-order valence-corrected chi connectivity index (χ1v) is 9.48. The van der Waals surface area contributed by atoms with E-state index in [-0.39, 0.29) is 24.3 Å². The molecule has 4 rings (SSSR count). The van der Waals surface area contributed by atoms with Gasteiger partial charge in [-0.3, -0.25) is 9.48 Å². The summed E-state index contributed by atoms with van der Waals surface area (Å²) in [4.78, 5) is 16.9. The number of thiophene rings is 1. The number of hydrogen-bond acceptors (Lipinski definition) is 7. The normalized spacial score (nSPS) is 12.8. The van der Waals surface area contributed by atoms with Gasteiger partial charge in [0.15, 0.2) is 0 Å². The van der Waals surface area contributed by atoms with E-state index in [1.54, 1.807) is 35.1 Å². The molecule has 30 heavy (non-hydrogen) atoms. The van der Waals surface area contributed by atoms with Gasteiger partial charge in [0.05, 0.1) is 35.5 Å². The second-order valence-electron chi connectivity index (χ2n) is 6.27. The number of rotatable bonds is 6. The second kappa shape index (κ2) is 7.78. The summed E-state index contributed by atoms with van der Waals surface area (Å²) in [6, 6.07) is 6.58. The first kappa shape index (κ1) is 19.9. The van der Waals surface area contributed by atoms with Crippen molar-refractivity contribution in [2.45, 2.75) is 25.7 Å². The second-order valence-corrected chi connectivity index (χ2v) is 7.39. The lowest BCUT2D eigenvalue weighted by Crippen LogP contribution is -2.22. The van der Waals surface area contributed by atoms with Gasteiger partial charge in [-0.2, -0.15) is 23.3 Å². The molecule has 4 heterocycles. The molecule has 1 N–H and O–H groups in total. The number of furan rings is 1. The molecule has 0 spiro atoms. The Bertz CT molecular complexity index is 1150. The molecular weight excluding hydrogens is 423 g/mol. The zero-order chi connectivity index (χ0) is 21.3. The Morgan fingerprint density at radius 2 is 2.17 bits per heavy atom. The molecule has 0 aliphatic heterocycles. The molecule has 0 saturated heterocycles. The number of amides is 1. The smallest absolute Gasteiger partial charge is 0.467 e. The highest BCUT2D eigenvalue weighted by Gasteiger charge is 2.38. The molecule has 0 bridgehead atoms. The first-order valence-electron chi connectivity index (χ1n) is 8.67. The van der Waals surface area contributed by atoms with Crippen molar-refractivity contribution >= 4 is 17.2 Å². The first-order chi connectivity index (χ1) is 14.3. The van der Waals surface area contributed by atoms with Crippen LogP contribution in [0.5, 0.6) is 0 Å². The van der Waals surface area contributed by atoms with Crippen LogP contribution in [0.4, 0.5) is 13.2 Å². The van der Waals surface area contributed by atoms with Gasteiger partial charge in [0.1, 0.15) is 5.76 Å². The molecule has 0 aromatic carbocycles. The Kier molecular flexibility index (Phi) is 5.16.